The molecule has 1 aromatic carbocycles. The molecule has 0 aliphatic carbocycles. The Labute approximate surface area is 129 Å². The Bertz CT molecular complexity index is 610. The van der Waals surface area contributed by atoms with Gasteiger partial charge in [0.15, 0.2) is 0 Å². The Hall–Kier alpha value is -2.34. The third-order valence-electron chi connectivity index (χ3n) is 3.84. The van der Waals surface area contributed by atoms with Crippen LogP contribution in [0.1, 0.15) is 17.3 Å². The molecule has 1 aromatic heterocycles. The largest absolute Gasteiger partial charge is 0.497 e. The molecule has 1 N–H and O–H groups in total. The highest BCUT2D eigenvalue weighted by Crippen LogP contribution is 2.23. The van der Waals surface area contributed by atoms with Crippen molar-refractivity contribution in [3.63, 3.8) is 0 Å². The Morgan fingerprint density at radius 2 is 2.23 bits per heavy atom. The van der Waals surface area contributed by atoms with Gasteiger partial charge in [0, 0.05) is 12.7 Å². The molecule has 1 atom stereocenters. The monoisotopic (exact) mass is 301 g/mol. The first-order valence-corrected chi connectivity index (χ1v) is 7.27. The van der Waals surface area contributed by atoms with Crippen LogP contribution in [0.25, 0.3) is 0 Å². The number of rotatable bonds is 4. The minimum Gasteiger partial charge on any atom is -0.497 e. The number of H-pyrrole nitrogens is 1. The summed E-state index contributed by atoms with van der Waals surface area (Å²) in [4.78, 5) is 14.5. The van der Waals surface area contributed by atoms with Gasteiger partial charge in [-0.2, -0.15) is 5.10 Å². The number of morpholine rings is 1. The number of ether oxygens (including phenoxy) is 2. The Kier molecular flexibility index (Phi) is 4.39. The van der Waals surface area contributed by atoms with Gasteiger partial charge in [-0.05, 0) is 23.8 Å². The molecule has 1 aliphatic rings. The number of methoxy groups -OCH3 is 1. The topological polar surface area (TPSA) is 67.4 Å². The lowest BCUT2D eigenvalue weighted by atomic mass is 10.1. The maximum atomic E-state index is 12.6. The number of aromatic amines is 1. The van der Waals surface area contributed by atoms with Crippen molar-refractivity contribution in [1.29, 1.82) is 0 Å². The zero-order chi connectivity index (χ0) is 15.4. The van der Waals surface area contributed by atoms with Gasteiger partial charge in [-0.25, -0.2) is 0 Å². The lowest BCUT2D eigenvalue weighted by Gasteiger charge is -2.35. The first kappa shape index (κ1) is 14.6. The molecule has 116 valence electrons. The van der Waals surface area contributed by atoms with Crippen LogP contribution in [0.4, 0.5) is 0 Å². The number of carbonyl (C=O) groups is 1. The summed E-state index contributed by atoms with van der Waals surface area (Å²) >= 11 is 0. The van der Waals surface area contributed by atoms with Gasteiger partial charge in [0.2, 0.25) is 5.91 Å². The number of carbonyl (C=O) groups excluding carboxylic acids is 1. The van der Waals surface area contributed by atoms with Crippen LogP contribution >= 0.6 is 0 Å². The third-order valence-corrected chi connectivity index (χ3v) is 3.84. The molecule has 1 fully saturated rings. The molecule has 6 heteroatoms. The van der Waals surface area contributed by atoms with Crippen LogP contribution in [-0.4, -0.2) is 47.9 Å². The minimum absolute atomic E-state index is 0.0908. The van der Waals surface area contributed by atoms with Gasteiger partial charge in [-0.1, -0.05) is 12.1 Å². The zero-order valence-corrected chi connectivity index (χ0v) is 12.5. The molecule has 0 radical (unpaired) electrons. The Morgan fingerprint density at radius 3 is 2.91 bits per heavy atom. The fraction of sp³-hybridized carbons (Fsp3) is 0.375. The smallest absolute Gasteiger partial charge is 0.227 e. The van der Waals surface area contributed by atoms with Gasteiger partial charge in [-0.3, -0.25) is 9.89 Å². The van der Waals surface area contributed by atoms with Crippen LogP contribution in [0.5, 0.6) is 5.75 Å². The molecule has 0 unspecified atom stereocenters. The summed E-state index contributed by atoms with van der Waals surface area (Å²) in [6.45, 7) is 1.66. The lowest BCUT2D eigenvalue weighted by Crippen LogP contribution is -2.44. The van der Waals surface area contributed by atoms with Gasteiger partial charge in [-0.15, -0.1) is 0 Å². The molecule has 6 nitrogen and oxygen atoms in total. The quantitative estimate of drug-likeness (QED) is 0.930. The molecule has 2 aromatic rings. The average molecular weight is 301 g/mol. The van der Waals surface area contributed by atoms with E-state index in [0.29, 0.717) is 26.2 Å². The van der Waals surface area contributed by atoms with Crippen LogP contribution in [0.2, 0.25) is 0 Å². The number of hydrogen-bond acceptors (Lipinski definition) is 4. The predicted molar refractivity (Wildman–Crippen MR) is 80.6 cm³/mol. The van der Waals surface area contributed by atoms with E-state index in [0.717, 1.165) is 17.0 Å². The van der Waals surface area contributed by atoms with E-state index in [1.54, 1.807) is 13.3 Å². The van der Waals surface area contributed by atoms with Crippen molar-refractivity contribution in [3.05, 3.63) is 47.8 Å². The molecular weight excluding hydrogens is 282 g/mol. The molecule has 0 bridgehead atoms. The molecular formula is C16H19N3O3. The summed E-state index contributed by atoms with van der Waals surface area (Å²) in [6, 6.07) is 9.36. The maximum absolute atomic E-state index is 12.6. The Balaban J connectivity index is 1.71. The van der Waals surface area contributed by atoms with Gasteiger partial charge < -0.3 is 14.4 Å². The molecule has 3 rings (SSSR count). The van der Waals surface area contributed by atoms with Gasteiger partial charge in [0.05, 0.1) is 38.5 Å². The number of aromatic nitrogens is 2. The van der Waals surface area contributed by atoms with Crippen LogP contribution in [-0.2, 0) is 16.0 Å². The maximum Gasteiger partial charge on any atom is 0.227 e. The SMILES string of the molecule is COc1ccc(CC(=O)N2CCOC[C@H]2c2ccn[nH]2)cc1. The molecule has 0 saturated carbocycles. The van der Waals surface area contributed by atoms with Crippen LogP contribution in [0, 0.1) is 0 Å². The minimum atomic E-state index is -0.0954. The second kappa shape index (κ2) is 6.62. The first-order valence-electron chi connectivity index (χ1n) is 7.27. The second-order valence-corrected chi connectivity index (χ2v) is 5.21. The van der Waals surface area contributed by atoms with E-state index >= 15 is 0 Å². The zero-order valence-electron chi connectivity index (χ0n) is 12.5. The highest BCUT2D eigenvalue weighted by molar-refractivity contribution is 5.79. The van der Waals surface area contributed by atoms with E-state index in [2.05, 4.69) is 10.2 Å². The normalized spacial score (nSPS) is 18.2. The Morgan fingerprint density at radius 1 is 1.41 bits per heavy atom. The summed E-state index contributed by atoms with van der Waals surface area (Å²) in [5, 5.41) is 6.89. The summed E-state index contributed by atoms with van der Waals surface area (Å²) in [5.74, 6) is 0.881. The molecule has 0 spiro atoms. The molecule has 2 heterocycles. The molecule has 1 aliphatic heterocycles. The highest BCUT2D eigenvalue weighted by Gasteiger charge is 2.29. The summed E-state index contributed by atoms with van der Waals surface area (Å²) in [6.07, 6.45) is 2.06. The van der Waals surface area contributed by atoms with Crippen molar-refractivity contribution < 1.29 is 14.3 Å². The van der Waals surface area contributed by atoms with Crippen molar-refractivity contribution in [2.75, 3.05) is 26.9 Å². The van der Waals surface area contributed by atoms with E-state index < -0.39 is 0 Å². The van der Waals surface area contributed by atoms with Crippen molar-refractivity contribution >= 4 is 5.91 Å². The second-order valence-electron chi connectivity index (χ2n) is 5.21. The van der Waals surface area contributed by atoms with Crippen molar-refractivity contribution in [1.82, 2.24) is 15.1 Å². The van der Waals surface area contributed by atoms with E-state index in [1.807, 2.05) is 35.2 Å². The average Bonchev–Trinajstić information content (AvgIpc) is 3.10. The van der Waals surface area contributed by atoms with Crippen molar-refractivity contribution in [2.24, 2.45) is 0 Å². The first-order chi connectivity index (χ1) is 10.8. The molecule has 1 saturated heterocycles. The molecule has 1 amide bonds. The standard InChI is InChI=1S/C16H19N3O3/c1-21-13-4-2-12(3-5-13)10-16(20)19-8-9-22-11-15(19)14-6-7-17-18-14/h2-7,15H,8-11H2,1H3,(H,17,18)/t15-/m0/s1. The van der Waals surface area contributed by atoms with Crippen molar-refractivity contribution in [2.45, 2.75) is 12.5 Å². The van der Waals surface area contributed by atoms with E-state index in [9.17, 15) is 4.79 Å². The fourth-order valence-corrected chi connectivity index (χ4v) is 2.63. The number of amides is 1. The summed E-state index contributed by atoms with van der Waals surface area (Å²) < 4.78 is 10.6. The number of benzene rings is 1. The van der Waals surface area contributed by atoms with Crippen LogP contribution < -0.4 is 4.74 Å². The van der Waals surface area contributed by atoms with Crippen LogP contribution in [0.15, 0.2) is 36.5 Å². The van der Waals surface area contributed by atoms with Crippen molar-refractivity contribution in [3.8, 4) is 5.75 Å². The van der Waals surface area contributed by atoms with E-state index in [4.69, 9.17) is 9.47 Å². The van der Waals surface area contributed by atoms with Gasteiger partial charge in [0.25, 0.3) is 0 Å². The van der Waals surface area contributed by atoms with E-state index in [-0.39, 0.29) is 11.9 Å². The fourth-order valence-electron chi connectivity index (χ4n) is 2.63. The van der Waals surface area contributed by atoms with E-state index in [1.165, 1.54) is 0 Å². The van der Waals surface area contributed by atoms with Crippen LogP contribution in [0.3, 0.4) is 0 Å². The number of nitrogens with one attached hydrogen (secondary N) is 1. The van der Waals surface area contributed by atoms with Gasteiger partial charge in [0.1, 0.15) is 5.75 Å². The number of hydrogen-bond donors (Lipinski definition) is 1. The van der Waals surface area contributed by atoms with Gasteiger partial charge >= 0.3 is 0 Å². The predicted octanol–water partition coefficient (Wildman–Crippen LogP) is 1.56. The third kappa shape index (κ3) is 3.12. The number of nitrogens with zero attached hydrogens (tertiary/aromatic N) is 2. The highest BCUT2D eigenvalue weighted by atomic mass is 16.5. The lowest BCUT2D eigenvalue weighted by molar-refractivity contribution is -0.139. The summed E-state index contributed by atoms with van der Waals surface area (Å²) in [5.41, 5.74) is 1.88. The molecule has 22 heavy (non-hydrogen) atoms. The summed E-state index contributed by atoms with van der Waals surface area (Å²) in [7, 11) is 1.63.